The van der Waals surface area contributed by atoms with Gasteiger partial charge in [0.15, 0.2) is 9.84 Å². The summed E-state index contributed by atoms with van der Waals surface area (Å²) in [5.74, 6) is -0.865. The number of hydrogen-bond donors (Lipinski definition) is 1. The largest absolute Gasteiger partial charge is 0.481 e. The molecule has 2 saturated carbocycles. The first-order valence-electron chi connectivity index (χ1n) is 6.51. The van der Waals surface area contributed by atoms with E-state index < -0.39 is 21.2 Å². The molecule has 0 atom stereocenters. The minimum atomic E-state index is -3.27. The summed E-state index contributed by atoms with van der Waals surface area (Å²) in [6.07, 6.45) is 2.99. The van der Waals surface area contributed by atoms with E-state index in [9.17, 15) is 13.2 Å². The third-order valence-electron chi connectivity index (χ3n) is 4.07. The molecule has 102 valence electrons. The Labute approximate surface area is 112 Å². The molecular formula is C14H16O4S. The van der Waals surface area contributed by atoms with E-state index in [4.69, 9.17) is 5.11 Å². The van der Waals surface area contributed by atoms with Gasteiger partial charge in [0.1, 0.15) is 0 Å². The highest BCUT2D eigenvalue weighted by Gasteiger charge is 2.49. The van der Waals surface area contributed by atoms with Crippen LogP contribution in [0.15, 0.2) is 29.2 Å². The maximum absolute atomic E-state index is 12.4. The lowest BCUT2D eigenvalue weighted by molar-refractivity contribution is -0.137. The van der Waals surface area contributed by atoms with Crippen LogP contribution < -0.4 is 0 Å². The Morgan fingerprint density at radius 2 is 1.89 bits per heavy atom. The Kier molecular flexibility index (Phi) is 2.71. The number of aliphatic carboxylic acids is 1. The molecule has 0 spiro atoms. The van der Waals surface area contributed by atoms with Crippen molar-refractivity contribution in [2.75, 3.05) is 0 Å². The summed E-state index contributed by atoms with van der Waals surface area (Å²) in [6, 6.07) is 6.93. The third-order valence-corrected chi connectivity index (χ3v) is 6.39. The summed E-state index contributed by atoms with van der Waals surface area (Å²) in [5.41, 5.74) is 0.258. The Balaban J connectivity index is 2.06. The number of carboxylic acids is 1. The van der Waals surface area contributed by atoms with Crippen molar-refractivity contribution in [2.24, 2.45) is 0 Å². The average molecular weight is 280 g/mol. The Morgan fingerprint density at radius 3 is 2.42 bits per heavy atom. The molecule has 0 unspecified atom stereocenters. The van der Waals surface area contributed by atoms with Crippen LogP contribution in [0.3, 0.4) is 0 Å². The normalized spacial score (nSPS) is 21.1. The van der Waals surface area contributed by atoms with Crippen LogP contribution in [0.5, 0.6) is 0 Å². The van der Waals surface area contributed by atoms with Crippen LogP contribution in [0, 0.1) is 0 Å². The molecule has 0 radical (unpaired) electrons. The molecule has 1 N–H and O–H groups in total. The predicted octanol–water partition coefficient (Wildman–Crippen LogP) is 2.13. The molecule has 0 heterocycles. The maximum atomic E-state index is 12.4. The number of carboxylic acid groups (broad SMARTS) is 1. The predicted molar refractivity (Wildman–Crippen MR) is 69.8 cm³/mol. The van der Waals surface area contributed by atoms with E-state index in [-0.39, 0.29) is 11.7 Å². The molecule has 1 aromatic rings. The number of sulfone groups is 1. The summed E-state index contributed by atoms with van der Waals surface area (Å²) in [7, 11) is -3.27. The molecule has 2 aliphatic rings. The smallest absolute Gasteiger partial charge is 0.304 e. The van der Waals surface area contributed by atoms with Crippen LogP contribution in [0.4, 0.5) is 0 Å². The fraction of sp³-hybridized carbons (Fsp3) is 0.500. The van der Waals surface area contributed by atoms with Gasteiger partial charge in [-0.05, 0) is 37.3 Å². The average Bonchev–Trinajstić information content (AvgIpc) is 3.23. The number of hydrogen-bond acceptors (Lipinski definition) is 3. The van der Waals surface area contributed by atoms with Crippen LogP contribution in [0.25, 0.3) is 0 Å². The molecule has 4 nitrogen and oxygen atoms in total. The molecule has 1 aromatic carbocycles. The fourth-order valence-electron chi connectivity index (χ4n) is 2.69. The van der Waals surface area contributed by atoms with Gasteiger partial charge in [-0.2, -0.15) is 0 Å². The van der Waals surface area contributed by atoms with Crippen molar-refractivity contribution in [2.45, 2.75) is 47.7 Å². The van der Waals surface area contributed by atoms with Crippen molar-refractivity contribution < 1.29 is 18.3 Å². The summed E-state index contributed by atoms with van der Waals surface area (Å²) >= 11 is 0. The van der Waals surface area contributed by atoms with Crippen LogP contribution in [-0.2, 0) is 20.0 Å². The first kappa shape index (κ1) is 12.7. The second-order valence-corrected chi connectivity index (χ2v) is 7.79. The summed E-state index contributed by atoms with van der Waals surface area (Å²) in [4.78, 5) is 11.3. The second kappa shape index (κ2) is 4.07. The molecule has 0 bridgehead atoms. The van der Waals surface area contributed by atoms with E-state index in [2.05, 4.69) is 0 Å². The van der Waals surface area contributed by atoms with Crippen LogP contribution in [0.2, 0.25) is 0 Å². The number of rotatable bonds is 5. The van der Waals surface area contributed by atoms with Gasteiger partial charge in [-0.25, -0.2) is 8.42 Å². The van der Waals surface area contributed by atoms with Gasteiger partial charge >= 0.3 is 5.97 Å². The first-order chi connectivity index (χ1) is 8.96. The van der Waals surface area contributed by atoms with E-state index >= 15 is 0 Å². The fourth-order valence-corrected chi connectivity index (χ4v) is 4.67. The Hall–Kier alpha value is -1.36. The molecule has 2 aliphatic carbocycles. The molecule has 0 aromatic heterocycles. The minimum absolute atomic E-state index is 0.0181. The quantitative estimate of drug-likeness (QED) is 0.897. The van der Waals surface area contributed by atoms with Gasteiger partial charge in [0.25, 0.3) is 0 Å². The minimum Gasteiger partial charge on any atom is -0.481 e. The zero-order valence-corrected chi connectivity index (χ0v) is 11.3. The van der Waals surface area contributed by atoms with Crippen molar-refractivity contribution in [1.82, 2.24) is 0 Å². The van der Waals surface area contributed by atoms with Crippen molar-refractivity contribution >= 4 is 15.8 Å². The van der Waals surface area contributed by atoms with Crippen molar-refractivity contribution in [1.29, 1.82) is 0 Å². The number of benzene rings is 1. The van der Waals surface area contributed by atoms with E-state index in [1.54, 1.807) is 24.3 Å². The van der Waals surface area contributed by atoms with Gasteiger partial charge in [0.05, 0.1) is 16.6 Å². The molecule has 0 amide bonds. The number of carbonyl (C=O) groups is 1. The summed E-state index contributed by atoms with van der Waals surface area (Å²) < 4.78 is 24.9. The van der Waals surface area contributed by atoms with Crippen molar-refractivity contribution in [3.8, 4) is 0 Å². The van der Waals surface area contributed by atoms with E-state index in [0.717, 1.165) is 25.7 Å². The molecule has 0 saturated heterocycles. The summed E-state index contributed by atoms with van der Waals surface area (Å²) in [5, 5.41) is 8.76. The van der Waals surface area contributed by atoms with Gasteiger partial charge in [0, 0.05) is 5.41 Å². The zero-order valence-electron chi connectivity index (χ0n) is 10.5. The third kappa shape index (κ3) is 2.16. The molecule has 3 rings (SSSR count). The van der Waals surface area contributed by atoms with Gasteiger partial charge in [-0.15, -0.1) is 0 Å². The highest BCUT2D eigenvalue weighted by molar-refractivity contribution is 7.92. The maximum Gasteiger partial charge on any atom is 0.304 e. The highest BCUT2D eigenvalue weighted by atomic mass is 32.2. The lowest BCUT2D eigenvalue weighted by Gasteiger charge is -2.17. The molecule has 2 fully saturated rings. The van der Waals surface area contributed by atoms with E-state index in [1.807, 2.05) is 0 Å². The van der Waals surface area contributed by atoms with Gasteiger partial charge in [-0.1, -0.05) is 18.2 Å². The first-order valence-corrected chi connectivity index (χ1v) is 8.06. The van der Waals surface area contributed by atoms with Crippen LogP contribution in [-0.4, -0.2) is 24.7 Å². The SMILES string of the molecule is O=C(O)CC1(c2ccccc2S(=O)(=O)C2CC2)CC1. The topological polar surface area (TPSA) is 71.4 Å². The molecule has 19 heavy (non-hydrogen) atoms. The Bertz CT molecular complexity index is 625. The summed E-state index contributed by atoms with van der Waals surface area (Å²) in [6.45, 7) is 0. The van der Waals surface area contributed by atoms with Gasteiger partial charge in [-0.3, -0.25) is 4.79 Å². The highest BCUT2D eigenvalue weighted by Crippen LogP contribution is 2.53. The van der Waals surface area contributed by atoms with E-state index in [1.165, 1.54) is 0 Å². The monoisotopic (exact) mass is 280 g/mol. The standard InChI is InChI=1S/C14H16O4S/c15-13(16)9-14(7-8-14)11-3-1-2-4-12(11)19(17,18)10-5-6-10/h1-4,10H,5-9H2,(H,15,16). The molecule has 5 heteroatoms. The van der Waals surface area contributed by atoms with Crippen molar-refractivity contribution in [3.63, 3.8) is 0 Å². The molecule has 0 aliphatic heterocycles. The van der Waals surface area contributed by atoms with Gasteiger partial charge < -0.3 is 5.11 Å². The van der Waals surface area contributed by atoms with Crippen LogP contribution >= 0.6 is 0 Å². The lowest BCUT2D eigenvalue weighted by Crippen LogP contribution is -2.18. The van der Waals surface area contributed by atoms with Crippen molar-refractivity contribution in [3.05, 3.63) is 29.8 Å². The van der Waals surface area contributed by atoms with E-state index in [0.29, 0.717) is 10.5 Å². The zero-order chi connectivity index (χ0) is 13.7. The second-order valence-electron chi connectivity index (χ2n) is 5.59. The van der Waals surface area contributed by atoms with Gasteiger partial charge in [0.2, 0.25) is 0 Å². The Morgan fingerprint density at radius 1 is 1.26 bits per heavy atom. The van der Waals surface area contributed by atoms with Crippen LogP contribution in [0.1, 0.15) is 37.7 Å². The lowest BCUT2D eigenvalue weighted by atomic mass is 9.92. The molecular weight excluding hydrogens is 264 g/mol.